The molecule has 0 aromatic heterocycles. The Balaban J connectivity index is 3.10. The zero-order valence-electron chi connectivity index (χ0n) is 7.75. The molecule has 0 radical (unpaired) electrons. The predicted octanol–water partition coefficient (Wildman–Crippen LogP) is 2.04. The molecule has 5 nitrogen and oxygen atoms in total. The van der Waals surface area contributed by atoms with Crippen LogP contribution in [0.4, 0.5) is 0 Å². The number of hydrogen-bond acceptors (Lipinski definition) is 3. The summed E-state index contributed by atoms with van der Waals surface area (Å²) in [6.07, 6.45) is 0. The predicted molar refractivity (Wildman–Crippen MR) is 51.8 cm³/mol. The summed E-state index contributed by atoms with van der Waals surface area (Å²) in [6.45, 7) is 1.52. The van der Waals surface area contributed by atoms with Gasteiger partial charge in [0.2, 0.25) is 0 Å². The largest absolute Gasteiger partial charge is 0.508 e. The van der Waals surface area contributed by atoms with Gasteiger partial charge in [0.15, 0.2) is 0 Å². The zero-order chi connectivity index (χ0) is 10.6. The van der Waals surface area contributed by atoms with E-state index >= 15 is 0 Å². The maximum atomic E-state index is 9.53. The molecule has 1 rings (SSSR count). The second-order valence-electron chi connectivity index (χ2n) is 2.97. The highest BCUT2D eigenvalue weighted by molar-refractivity contribution is 5.38. The van der Waals surface area contributed by atoms with Gasteiger partial charge in [0.1, 0.15) is 5.75 Å². The summed E-state index contributed by atoms with van der Waals surface area (Å²) < 4.78 is 0. The van der Waals surface area contributed by atoms with Crippen molar-refractivity contribution in [1.29, 1.82) is 0 Å². The van der Waals surface area contributed by atoms with E-state index in [1.54, 1.807) is 18.2 Å². The Bertz CT molecular complexity index is 372. The molecular formula is C9H11N3O2. The van der Waals surface area contributed by atoms with Gasteiger partial charge in [-0.3, -0.25) is 0 Å². The summed E-state index contributed by atoms with van der Waals surface area (Å²) in [5.74, 6) is 0.0384. The van der Waals surface area contributed by atoms with Gasteiger partial charge in [-0.25, -0.2) is 0 Å². The molecule has 0 fully saturated rings. The zero-order valence-corrected chi connectivity index (χ0v) is 7.75. The van der Waals surface area contributed by atoms with E-state index < -0.39 is 6.04 Å². The van der Waals surface area contributed by atoms with Gasteiger partial charge < -0.3 is 10.2 Å². The minimum atomic E-state index is -0.722. The number of benzene rings is 1. The monoisotopic (exact) mass is 193 g/mol. The van der Waals surface area contributed by atoms with Crippen molar-refractivity contribution < 1.29 is 10.2 Å². The fraction of sp³-hybridized carbons (Fsp3) is 0.333. The third kappa shape index (κ3) is 2.16. The molecule has 0 heterocycles. The van der Waals surface area contributed by atoms with Crippen LogP contribution in [0, 0.1) is 6.92 Å². The van der Waals surface area contributed by atoms with Crippen molar-refractivity contribution >= 4 is 0 Å². The highest BCUT2D eigenvalue weighted by Gasteiger charge is 2.12. The van der Waals surface area contributed by atoms with Crippen LogP contribution in [0.1, 0.15) is 17.2 Å². The molecule has 74 valence electrons. The van der Waals surface area contributed by atoms with Gasteiger partial charge in [0.05, 0.1) is 12.6 Å². The maximum Gasteiger partial charge on any atom is 0.119 e. The molecule has 0 saturated heterocycles. The van der Waals surface area contributed by atoms with Crippen molar-refractivity contribution in [1.82, 2.24) is 0 Å². The van der Waals surface area contributed by atoms with E-state index in [2.05, 4.69) is 10.0 Å². The number of nitrogens with zero attached hydrogens (tertiary/aromatic N) is 3. The number of phenols is 1. The third-order valence-electron chi connectivity index (χ3n) is 1.91. The maximum absolute atomic E-state index is 9.53. The third-order valence-corrected chi connectivity index (χ3v) is 1.91. The lowest BCUT2D eigenvalue weighted by Crippen LogP contribution is -2.00. The summed E-state index contributed by atoms with van der Waals surface area (Å²) in [4.78, 5) is 2.60. The summed E-state index contributed by atoms with van der Waals surface area (Å²) in [5.41, 5.74) is 9.59. The Hall–Kier alpha value is -1.71. The van der Waals surface area contributed by atoms with Gasteiger partial charge in [-0.15, -0.1) is 0 Å². The number of aliphatic hydroxyl groups is 1. The fourth-order valence-electron chi connectivity index (χ4n) is 1.19. The lowest BCUT2D eigenvalue weighted by molar-refractivity contribution is 0.265. The van der Waals surface area contributed by atoms with Gasteiger partial charge in [0, 0.05) is 10.5 Å². The van der Waals surface area contributed by atoms with Crippen LogP contribution in [0.3, 0.4) is 0 Å². The summed E-state index contributed by atoms with van der Waals surface area (Å²) in [5, 5.41) is 21.8. The quantitative estimate of drug-likeness (QED) is 0.437. The first-order valence-corrected chi connectivity index (χ1v) is 4.13. The summed E-state index contributed by atoms with van der Waals surface area (Å²) >= 11 is 0. The van der Waals surface area contributed by atoms with Crippen LogP contribution in [0.2, 0.25) is 0 Å². The number of aryl methyl sites for hydroxylation is 1. The minimum absolute atomic E-state index is 0.0384. The highest BCUT2D eigenvalue weighted by Crippen LogP contribution is 2.27. The summed E-state index contributed by atoms with van der Waals surface area (Å²) in [6, 6.07) is 4.26. The van der Waals surface area contributed by atoms with E-state index in [0.29, 0.717) is 5.56 Å². The van der Waals surface area contributed by atoms with Gasteiger partial charge in [0.25, 0.3) is 0 Å². The molecule has 0 aliphatic carbocycles. The van der Waals surface area contributed by atoms with Crippen molar-refractivity contribution in [3.05, 3.63) is 39.8 Å². The molecule has 0 bridgehead atoms. The smallest absolute Gasteiger partial charge is 0.119 e. The first-order chi connectivity index (χ1) is 6.69. The van der Waals surface area contributed by atoms with Crippen LogP contribution in [-0.4, -0.2) is 16.8 Å². The second-order valence-corrected chi connectivity index (χ2v) is 2.97. The van der Waals surface area contributed by atoms with E-state index in [1.807, 2.05) is 6.92 Å². The van der Waals surface area contributed by atoms with E-state index in [9.17, 15) is 5.11 Å². The molecule has 1 aromatic carbocycles. The number of phenolic OH excluding ortho intramolecular Hbond substituents is 1. The van der Waals surface area contributed by atoms with Gasteiger partial charge in [-0.1, -0.05) is 17.2 Å². The van der Waals surface area contributed by atoms with Crippen molar-refractivity contribution in [2.24, 2.45) is 5.11 Å². The molecule has 1 aromatic rings. The molecule has 2 N–H and O–H groups in total. The fourth-order valence-corrected chi connectivity index (χ4v) is 1.19. The van der Waals surface area contributed by atoms with Crippen molar-refractivity contribution in [2.75, 3.05) is 6.61 Å². The molecule has 1 atom stereocenters. The lowest BCUT2D eigenvalue weighted by atomic mass is 10.1. The lowest BCUT2D eigenvalue weighted by Gasteiger charge is -2.10. The van der Waals surface area contributed by atoms with E-state index in [-0.39, 0.29) is 12.4 Å². The highest BCUT2D eigenvalue weighted by atomic mass is 16.3. The first-order valence-electron chi connectivity index (χ1n) is 4.13. The number of aliphatic hydroxyl groups excluding tert-OH is 1. The Morgan fingerprint density at radius 3 is 2.79 bits per heavy atom. The van der Waals surface area contributed by atoms with Crippen molar-refractivity contribution in [2.45, 2.75) is 13.0 Å². The second kappa shape index (κ2) is 4.50. The van der Waals surface area contributed by atoms with Crippen LogP contribution in [0.15, 0.2) is 23.3 Å². The summed E-state index contributed by atoms with van der Waals surface area (Å²) in [7, 11) is 0. The number of hydrogen-bond donors (Lipinski definition) is 2. The topological polar surface area (TPSA) is 89.2 Å². The molecule has 0 saturated carbocycles. The van der Waals surface area contributed by atoms with Gasteiger partial charge in [-0.05, 0) is 24.1 Å². The number of azide groups is 1. The van der Waals surface area contributed by atoms with Crippen LogP contribution in [0.25, 0.3) is 10.4 Å². The molecule has 0 aliphatic heterocycles. The first kappa shape index (κ1) is 10.4. The van der Waals surface area contributed by atoms with Gasteiger partial charge in [-0.2, -0.15) is 0 Å². The average Bonchev–Trinajstić information content (AvgIpc) is 2.15. The molecular weight excluding hydrogens is 182 g/mol. The SMILES string of the molecule is Cc1ccc(C(CO)N=[N+]=[N-])c(O)c1. The molecule has 0 amide bonds. The molecule has 1 unspecified atom stereocenters. The number of aromatic hydroxyl groups is 1. The van der Waals surface area contributed by atoms with E-state index in [4.69, 9.17) is 10.6 Å². The Morgan fingerprint density at radius 1 is 1.57 bits per heavy atom. The number of rotatable bonds is 3. The van der Waals surface area contributed by atoms with Crippen LogP contribution in [-0.2, 0) is 0 Å². The van der Waals surface area contributed by atoms with E-state index in [1.165, 1.54) is 0 Å². The Kier molecular flexibility index (Phi) is 3.34. The molecule has 0 aliphatic rings. The minimum Gasteiger partial charge on any atom is -0.508 e. The van der Waals surface area contributed by atoms with Crippen LogP contribution < -0.4 is 0 Å². The van der Waals surface area contributed by atoms with Crippen molar-refractivity contribution in [3.63, 3.8) is 0 Å². The van der Waals surface area contributed by atoms with Crippen LogP contribution >= 0.6 is 0 Å². The van der Waals surface area contributed by atoms with E-state index in [0.717, 1.165) is 5.56 Å². The standard InChI is InChI=1S/C9H11N3O2/c1-6-2-3-7(9(14)4-6)8(5-13)11-12-10/h2-4,8,13-14H,5H2,1H3. The molecule has 0 spiro atoms. The Labute approximate surface area is 81.2 Å². The van der Waals surface area contributed by atoms with Crippen LogP contribution in [0.5, 0.6) is 5.75 Å². The Morgan fingerprint density at radius 2 is 2.29 bits per heavy atom. The normalized spacial score (nSPS) is 11.9. The van der Waals surface area contributed by atoms with Crippen molar-refractivity contribution in [3.8, 4) is 5.75 Å². The molecule has 5 heteroatoms. The average molecular weight is 193 g/mol. The van der Waals surface area contributed by atoms with Gasteiger partial charge >= 0.3 is 0 Å². The molecule has 14 heavy (non-hydrogen) atoms.